The van der Waals surface area contributed by atoms with Crippen molar-refractivity contribution in [2.24, 2.45) is 5.92 Å². The molecule has 1 aliphatic rings. The van der Waals surface area contributed by atoms with Crippen LogP contribution in [0.2, 0.25) is 5.02 Å². The van der Waals surface area contributed by atoms with Gasteiger partial charge in [0.2, 0.25) is 5.91 Å². The number of nitrogens with zero attached hydrogens (tertiary/aromatic N) is 1. The molecule has 0 aromatic heterocycles. The normalized spacial score (nSPS) is 19.3. The van der Waals surface area contributed by atoms with Gasteiger partial charge in [0.05, 0.1) is 20.1 Å². The molecule has 2 atom stereocenters. The lowest BCUT2D eigenvalue weighted by molar-refractivity contribution is -0.142. The van der Waals surface area contributed by atoms with E-state index in [0.29, 0.717) is 24.7 Å². The average molecular weight is 340 g/mol. The number of rotatable bonds is 8. The predicted molar refractivity (Wildman–Crippen MR) is 87.4 cm³/mol. The molecule has 0 spiro atoms. The van der Waals surface area contributed by atoms with Crippen molar-refractivity contribution in [1.29, 1.82) is 0 Å². The van der Waals surface area contributed by atoms with E-state index in [1.54, 1.807) is 12.0 Å². The number of methoxy groups -OCH3 is 2. The lowest BCUT2D eigenvalue weighted by Crippen LogP contribution is -2.37. The number of ether oxygens (including phenoxy) is 2. The van der Waals surface area contributed by atoms with Crippen LogP contribution in [0.4, 0.5) is 0 Å². The Kier molecular flexibility index (Phi) is 6.42. The maximum atomic E-state index is 12.7. The maximum Gasteiger partial charge on any atom is 0.307 e. The maximum absolute atomic E-state index is 12.7. The van der Waals surface area contributed by atoms with Gasteiger partial charge in [-0.25, -0.2) is 0 Å². The van der Waals surface area contributed by atoms with E-state index in [2.05, 4.69) is 4.74 Å². The van der Waals surface area contributed by atoms with Gasteiger partial charge in [0.15, 0.2) is 0 Å². The first kappa shape index (κ1) is 17.8. The molecule has 0 saturated heterocycles. The zero-order valence-corrected chi connectivity index (χ0v) is 14.2. The van der Waals surface area contributed by atoms with E-state index in [1.807, 2.05) is 24.3 Å². The molecular weight excluding hydrogens is 318 g/mol. The van der Waals surface area contributed by atoms with Crippen LogP contribution in [0, 0.1) is 5.92 Å². The number of benzene rings is 1. The summed E-state index contributed by atoms with van der Waals surface area (Å²) in [6, 6.07) is 7.62. The molecule has 2 unspecified atom stereocenters. The van der Waals surface area contributed by atoms with E-state index >= 15 is 0 Å². The minimum Gasteiger partial charge on any atom is -0.469 e. The molecule has 126 valence electrons. The molecule has 1 amide bonds. The number of amides is 1. The molecule has 1 aromatic carbocycles. The van der Waals surface area contributed by atoms with Gasteiger partial charge in [-0.1, -0.05) is 23.7 Å². The molecule has 1 fully saturated rings. The highest BCUT2D eigenvalue weighted by Gasteiger charge is 2.45. The molecule has 6 heteroatoms. The van der Waals surface area contributed by atoms with Crippen LogP contribution in [-0.2, 0) is 19.1 Å². The zero-order valence-electron chi connectivity index (χ0n) is 13.5. The summed E-state index contributed by atoms with van der Waals surface area (Å²) in [5.41, 5.74) is 1.13. The van der Waals surface area contributed by atoms with E-state index in [0.717, 1.165) is 12.0 Å². The van der Waals surface area contributed by atoms with Gasteiger partial charge < -0.3 is 14.4 Å². The summed E-state index contributed by atoms with van der Waals surface area (Å²) in [5, 5.41) is 0.692. The third-order valence-corrected chi connectivity index (χ3v) is 4.35. The van der Waals surface area contributed by atoms with Gasteiger partial charge in [-0.05, 0) is 30.0 Å². The fourth-order valence-electron chi connectivity index (χ4n) is 2.64. The quantitative estimate of drug-likeness (QED) is 0.683. The Morgan fingerprint density at radius 2 is 1.91 bits per heavy atom. The molecule has 1 aliphatic carbocycles. The standard InChI is InChI=1S/C17H22ClNO4/c1-22-10-9-19(8-7-16(20)23-2)17(21)15-11-14(15)12-3-5-13(18)6-4-12/h3-6,14-15H,7-11H2,1-2H3. The third-order valence-electron chi connectivity index (χ3n) is 4.10. The highest BCUT2D eigenvalue weighted by Crippen LogP contribution is 2.48. The zero-order chi connectivity index (χ0) is 16.8. The van der Waals surface area contributed by atoms with Gasteiger partial charge in [-0.3, -0.25) is 9.59 Å². The molecule has 1 saturated carbocycles. The second-order valence-corrected chi connectivity index (χ2v) is 6.08. The van der Waals surface area contributed by atoms with E-state index < -0.39 is 0 Å². The van der Waals surface area contributed by atoms with Crippen LogP contribution in [0.5, 0.6) is 0 Å². The first-order valence-electron chi connectivity index (χ1n) is 7.66. The van der Waals surface area contributed by atoms with Crippen molar-refractivity contribution in [1.82, 2.24) is 4.90 Å². The highest BCUT2D eigenvalue weighted by molar-refractivity contribution is 6.30. The molecule has 0 heterocycles. The van der Waals surface area contributed by atoms with Gasteiger partial charge in [-0.15, -0.1) is 0 Å². The fourth-order valence-corrected chi connectivity index (χ4v) is 2.77. The average Bonchev–Trinajstić information content (AvgIpc) is 3.35. The van der Waals surface area contributed by atoms with Gasteiger partial charge in [0.25, 0.3) is 0 Å². The van der Waals surface area contributed by atoms with Crippen LogP contribution in [0.3, 0.4) is 0 Å². The van der Waals surface area contributed by atoms with Crippen molar-refractivity contribution in [3.63, 3.8) is 0 Å². The first-order chi connectivity index (χ1) is 11.1. The van der Waals surface area contributed by atoms with Crippen molar-refractivity contribution < 1.29 is 19.1 Å². The van der Waals surface area contributed by atoms with E-state index in [-0.39, 0.29) is 30.1 Å². The number of esters is 1. The summed E-state index contributed by atoms with van der Waals surface area (Å²) < 4.78 is 9.70. The summed E-state index contributed by atoms with van der Waals surface area (Å²) in [4.78, 5) is 25.7. The van der Waals surface area contributed by atoms with Crippen LogP contribution in [0.25, 0.3) is 0 Å². The summed E-state index contributed by atoms with van der Waals surface area (Å²) in [7, 11) is 2.94. The van der Waals surface area contributed by atoms with Crippen LogP contribution in [0.1, 0.15) is 24.3 Å². The molecule has 2 rings (SSSR count). The van der Waals surface area contributed by atoms with Crippen molar-refractivity contribution >= 4 is 23.5 Å². The molecule has 0 radical (unpaired) electrons. The minimum absolute atomic E-state index is 0.0225. The Morgan fingerprint density at radius 1 is 1.22 bits per heavy atom. The summed E-state index contributed by atoms with van der Waals surface area (Å²) >= 11 is 5.90. The summed E-state index contributed by atoms with van der Waals surface area (Å²) in [6.07, 6.45) is 1.03. The molecular formula is C17H22ClNO4. The fraction of sp³-hybridized carbons (Fsp3) is 0.529. The van der Waals surface area contributed by atoms with Crippen molar-refractivity contribution in [2.45, 2.75) is 18.8 Å². The van der Waals surface area contributed by atoms with E-state index in [4.69, 9.17) is 16.3 Å². The Bertz CT molecular complexity index is 546. The first-order valence-corrected chi connectivity index (χ1v) is 8.04. The Balaban J connectivity index is 1.94. The smallest absolute Gasteiger partial charge is 0.307 e. The van der Waals surface area contributed by atoms with Gasteiger partial charge >= 0.3 is 5.97 Å². The third kappa shape index (κ3) is 4.94. The van der Waals surface area contributed by atoms with Crippen molar-refractivity contribution in [3.8, 4) is 0 Å². The highest BCUT2D eigenvalue weighted by atomic mass is 35.5. The lowest BCUT2D eigenvalue weighted by atomic mass is 10.1. The van der Waals surface area contributed by atoms with E-state index in [9.17, 15) is 9.59 Å². The summed E-state index contributed by atoms with van der Waals surface area (Å²) in [6.45, 7) is 1.29. The number of hydrogen-bond donors (Lipinski definition) is 0. The van der Waals surface area contributed by atoms with Gasteiger partial charge in [0.1, 0.15) is 0 Å². The minimum atomic E-state index is -0.315. The second kappa shape index (κ2) is 8.31. The Morgan fingerprint density at radius 3 is 2.52 bits per heavy atom. The van der Waals surface area contributed by atoms with Crippen molar-refractivity contribution in [2.75, 3.05) is 33.9 Å². The number of hydrogen-bond acceptors (Lipinski definition) is 4. The SMILES string of the molecule is COCCN(CCC(=O)OC)C(=O)C1CC1c1ccc(Cl)cc1. The predicted octanol–water partition coefficient (Wildman–Crippen LogP) is 2.48. The molecule has 0 aliphatic heterocycles. The number of halogens is 1. The lowest BCUT2D eigenvalue weighted by Gasteiger charge is -2.22. The Hall–Kier alpha value is -1.59. The second-order valence-electron chi connectivity index (χ2n) is 5.64. The topological polar surface area (TPSA) is 55.8 Å². The molecule has 0 bridgehead atoms. The van der Waals surface area contributed by atoms with Gasteiger partial charge in [0, 0.05) is 31.1 Å². The monoisotopic (exact) mass is 339 g/mol. The summed E-state index contributed by atoms with van der Waals surface area (Å²) in [5.74, 6) is -0.0233. The molecule has 1 aromatic rings. The number of carbonyl (C=O) groups excluding carboxylic acids is 2. The van der Waals surface area contributed by atoms with E-state index in [1.165, 1.54) is 7.11 Å². The van der Waals surface area contributed by atoms with Gasteiger partial charge in [-0.2, -0.15) is 0 Å². The molecule has 23 heavy (non-hydrogen) atoms. The molecule has 5 nitrogen and oxygen atoms in total. The van der Waals surface area contributed by atoms with Crippen LogP contribution >= 0.6 is 11.6 Å². The van der Waals surface area contributed by atoms with Crippen LogP contribution in [-0.4, -0.2) is 50.7 Å². The van der Waals surface area contributed by atoms with Crippen molar-refractivity contribution in [3.05, 3.63) is 34.9 Å². The molecule has 0 N–H and O–H groups in total. The number of carbonyl (C=O) groups is 2. The van der Waals surface area contributed by atoms with Crippen LogP contribution < -0.4 is 0 Å². The Labute approximate surface area is 141 Å². The largest absolute Gasteiger partial charge is 0.469 e. The van der Waals surface area contributed by atoms with Crippen LogP contribution in [0.15, 0.2) is 24.3 Å².